The molecule has 1 aliphatic heterocycles. The first-order chi connectivity index (χ1) is 12.9. The van der Waals surface area contributed by atoms with Crippen LogP contribution < -0.4 is 9.64 Å². The summed E-state index contributed by atoms with van der Waals surface area (Å²) in [5, 5.41) is 11.3. The number of fused-ring (bicyclic) bond motifs is 1. The Morgan fingerprint density at radius 1 is 1.26 bits per heavy atom. The highest BCUT2D eigenvalue weighted by Gasteiger charge is 2.51. The number of ketones is 1. The van der Waals surface area contributed by atoms with Crippen LogP contribution >= 0.6 is 15.9 Å². The quantitative estimate of drug-likeness (QED) is 0.670. The highest BCUT2D eigenvalue weighted by Crippen LogP contribution is 2.44. The van der Waals surface area contributed by atoms with Gasteiger partial charge in [0.2, 0.25) is 0 Å². The number of benzene rings is 2. The van der Waals surface area contributed by atoms with Crippen molar-refractivity contribution in [2.24, 2.45) is 0 Å². The molecule has 0 bridgehead atoms. The number of nitrogens with zero attached hydrogens (tertiary/aromatic N) is 1. The SMILES string of the molecule is CCCCN1C(=O)C(O)(CC(=O)c2ccccc2OC)c2cc(Br)ccc21. The zero-order chi connectivity index (χ0) is 19.6. The number of aliphatic hydroxyl groups is 1. The maximum Gasteiger partial charge on any atom is 0.264 e. The highest BCUT2D eigenvalue weighted by molar-refractivity contribution is 9.10. The van der Waals surface area contributed by atoms with Gasteiger partial charge in [0.25, 0.3) is 5.91 Å². The molecule has 1 aliphatic rings. The van der Waals surface area contributed by atoms with Crippen molar-refractivity contribution in [2.45, 2.75) is 31.8 Å². The third-order valence-electron chi connectivity index (χ3n) is 4.85. The van der Waals surface area contributed by atoms with Gasteiger partial charge in [-0.3, -0.25) is 9.59 Å². The van der Waals surface area contributed by atoms with Gasteiger partial charge < -0.3 is 14.7 Å². The smallest absolute Gasteiger partial charge is 0.264 e. The van der Waals surface area contributed by atoms with E-state index in [4.69, 9.17) is 4.74 Å². The summed E-state index contributed by atoms with van der Waals surface area (Å²) < 4.78 is 5.99. The van der Waals surface area contributed by atoms with E-state index in [-0.39, 0.29) is 12.2 Å². The summed E-state index contributed by atoms with van der Waals surface area (Å²) in [5.74, 6) is -0.368. The van der Waals surface area contributed by atoms with Crippen LogP contribution in [0.2, 0.25) is 0 Å². The van der Waals surface area contributed by atoms with Crippen molar-refractivity contribution >= 4 is 33.3 Å². The van der Waals surface area contributed by atoms with Crippen molar-refractivity contribution in [3.8, 4) is 5.75 Å². The van der Waals surface area contributed by atoms with Gasteiger partial charge in [0, 0.05) is 16.6 Å². The Labute approximate surface area is 167 Å². The molecule has 0 saturated heterocycles. The first kappa shape index (κ1) is 19.6. The number of para-hydroxylation sites is 1. The fraction of sp³-hybridized carbons (Fsp3) is 0.333. The van der Waals surface area contributed by atoms with Gasteiger partial charge in [0.1, 0.15) is 5.75 Å². The highest BCUT2D eigenvalue weighted by atomic mass is 79.9. The molecule has 142 valence electrons. The van der Waals surface area contributed by atoms with E-state index in [0.717, 1.165) is 17.3 Å². The summed E-state index contributed by atoms with van der Waals surface area (Å²) in [6.07, 6.45) is 1.41. The standard InChI is InChI=1S/C21H22BrNO4/c1-3-4-11-23-17-10-9-14(22)12-16(17)21(26,20(23)25)13-18(24)15-7-5-6-8-19(15)27-2/h5-10,12,26H,3-4,11,13H2,1-2H3. The van der Waals surface area contributed by atoms with Crippen LogP contribution in [0.4, 0.5) is 5.69 Å². The van der Waals surface area contributed by atoms with Crippen molar-refractivity contribution in [3.63, 3.8) is 0 Å². The van der Waals surface area contributed by atoms with Crippen molar-refractivity contribution < 1.29 is 19.4 Å². The van der Waals surface area contributed by atoms with Crippen LogP contribution in [-0.4, -0.2) is 30.5 Å². The number of methoxy groups -OCH3 is 1. The van der Waals surface area contributed by atoms with E-state index in [1.54, 1.807) is 41.3 Å². The molecule has 1 atom stereocenters. The van der Waals surface area contributed by atoms with E-state index in [0.29, 0.717) is 29.1 Å². The minimum absolute atomic E-state index is 0.335. The van der Waals surface area contributed by atoms with Gasteiger partial charge in [-0.25, -0.2) is 0 Å². The molecule has 1 amide bonds. The van der Waals surface area contributed by atoms with E-state index < -0.39 is 11.5 Å². The van der Waals surface area contributed by atoms with Crippen molar-refractivity contribution in [1.29, 1.82) is 0 Å². The van der Waals surface area contributed by atoms with E-state index >= 15 is 0 Å². The van der Waals surface area contributed by atoms with Gasteiger partial charge in [0.15, 0.2) is 11.4 Å². The molecule has 0 aromatic heterocycles. The second kappa shape index (κ2) is 7.82. The monoisotopic (exact) mass is 431 g/mol. The molecule has 0 saturated carbocycles. The van der Waals surface area contributed by atoms with Crippen LogP contribution in [0.25, 0.3) is 0 Å². The summed E-state index contributed by atoms with van der Waals surface area (Å²) in [5.41, 5.74) is -0.414. The molecule has 3 rings (SSSR count). The molecular weight excluding hydrogens is 410 g/mol. The van der Waals surface area contributed by atoms with E-state index in [1.165, 1.54) is 7.11 Å². The lowest BCUT2D eigenvalue weighted by atomic mass is 9.88. The van der Waals surface area contributed by atoms with Crippen molar-refractivity contribution in [3.05, 3.63) is 58.1 Å². The minimum Gasteiger partial charge on any atom is -0.496 e. The number of carbonyl (C=O) groups excluding carboxylic acids is 2. The Hall–Kier alpha value is -2.18. The number of halogens is 1. The van der Waals surface area contributed by atoms with Gasteiger partial charge in [-0.15, -0.1) is 0 Å². The number of hydrogen-bond donors (Lipinski definition) is 1. The maximum absolute atomic E-state index is 13.1. The van der Waals surface area contributed by atoms with Crippen LogP contribution in [-0.2, 0) is 10.4 Å². The molecule has 6 heteroatoms. The lowest BCUT2D eigenvalue weighted by Gasteiger charge is -2.23. The average Bonchev–Trinajstić information content (AvgIpc) is 2.87. The summed E-state index contributed by atoms with van der Waals surface area (Å²) in [7, 11) is 1.49. The molecule has 5 nitrogen and oxygen atoms in total. The van der Waals surface area contributed by atoms with E-state index in [1.807, 2.05) is 13.0 Å². The fourth-order valence-corrected chi connectivity index (χ4v) is 3.80. The predicted molar refractivity (Wildman–Crippen MR) is 107 cm³/mol. The third-order valence-corrected chi connectivity index (χ3v) is 5.35. The topological polar surface area (TPSA) is 66.8 Å². The summed E-state index contributed by atoms with van der Waals surface area (Å²) in [6, 6.07) is 12.2. The molecule has 1 unspecified atom stereocenters. The van der Waals surface area contributed by atoms with Crippen LogP contribution in [0.5, 0.6) is 5.75 Å². The molecule has 0 fully saturated rings. The zero-order valence-corrected chi connectivity index (χ0v) is 17.0. The molecular formula is C21H22BrNO4. The number of rotatable bonds is 7. The Balaban J connectivity index is 2.00. The number of hydrogen-bond acceptors (Lipinski definition) is 4. The molecule has 2 aromatic carbocycles. The van der Waals surface area contributed by atoms with Crippen LogP contribution in [0.15, 0.2) is 46.9 Å². The molecule has 1 heterocycles. The average molecular weight is 432 g/mol. The number of unbranched alkanes of at least 4 members (excludes halogenated alkanes) is 1. The molecule has 27 heavy (non-hydrogen) atoms. The minimum atomic E-state index is -1.88. The summed E-state index contributed by atoms with van der Waals surface area (Å²) in [6.45, 7) is 2.55. The van der Waals surface area contributed by atoms with E-state index in [2.05, 4.69) is 15.9 Å². The fourth-order valence-electron chi connectivity index (χ4n) is 3.43. The van der Waals surface area contributed by atoms with E-state index in [9.17, 15) is 14.7 Å². The van der Waals surface area contributed by atoms with Crippen LogP contribution in [0.1, 0.15) is 42.1 Å². The van der Waals surface area contributed by atoms with Gasteiger partial charge in [-0.1, -0.05) is 41.4 Å². The number of amides is 1. The Morgan fingerprint density at radius 3 is 2.70 bits per heavy atom. The molecule has 1 N–H and O–H groups in total. The summed E-state index contributed by atoms with van der Waals surface area (Å²) in [4.78, 5) is 27.6. The number of carbonyl (C=O) groups is 2. The molecule has 0 aliphatic carbocycles. The largest absolute Gasteiger partial charge is 0.496 e. The zero-order valence-electron chi connectivity index (χ0n) is 15.4. The second-order valence-corrected chi connectivity index (χ2v) is 7.55. The normalized spacial score (nSPS) is 18.5. The first-order valence-corrected chi connectivity index (χ1v) is 9.72. The van der Waals surface area contributed by atoms with Crippen molar-refractivity contribution in [1.82, 2.24) is 0 Å². The number of ether oxygens (including phenoxy) is 1. The van der Waals surface area contributed by atoms with Gasteiger partial charge >= 0.3 is 0 Å². The van der Waals surface area contributed by atoms with Crippen LogP contribution in [0.3, 0.4) is 0 Å². The van der Waals surface area contributed by atoms with Crippen LogP contribution in [0, 0.1) is 0 Å². The lowest BCUT2D eigenvalue weighted by Crippen LogP contribution is -2.42. The molecule has 2 aromatic rings. The maximum atomic E-state index is 13.1. The summed E-state index contributed by atoms with van der Waals surface area (Å²) >= 11 is 3.40. The molecule has 0 radical (unpaired) electrons. The van der Waals surface area contributed by atoms with Crippen molar-refractivity contribution in [2.75, 3.05) is 18.6 Å². The Kier molecular flexibility index (Phi) is 5.67. The Morgan fingerprint density at radius 2 is 2.00 bits per heavy atom. The first-order valence-electron chi connectivity index (χ1n) is 8.93. The Bertz CT molecular complexity index is 882. The molecule has 0 spiro atoms. The number of Topliss-reactive ketones (excluding diaryl/α,β-unsaturated/α-hetero) is 1. The second-order valence-electron chi connectivity index (χ2n) is 6.63. The third kappa shape index (κ3) is 3.51. The number of anilines is 1. The predicted octanol–water partition coefficient (Wildman–Crippen LogP) is 4.07. The van der Waals surface area contributed by atoms with Gasteiger partial charge in [-0.05, 0) is 36.8 Å². The van der Waals surface area contributed by atoms with Gasteiger partial charge in [0.05, 0.1) is 24.8 Å². The van der Waals surface area contributed by atoms with Gasteiger partial charge in [-0.2, -0.15) is 0 Å². The lowest BCUT2D eigenvalue weighted by molar-refractivity contribution is -0.135.